The molecule has 0 aromatic carbocycles. The lowest BCUT2D eigenvalue weighted by atomic mass is 9.78. The maximum absolute atomic E-state index is 12.1. The molecular weight excluding hydrogens is 254 g/mol. The zero-order chi connectivity index (χ0) is 14.6. The Balaban J connectivity index is 1.87. The van der Waals surface area contributed by atoms with Gasteiger partial charge in [-0.05, 0) is 37.7 Å². The van der Waals surface area contributed by atoms with E-state index in [0.29, 0.717) is 24.3 Å². The maximum atomic E-state index is 12.1. The Morgan fingerprint density at radius 3 is 2.75 bits per heavy atom. The van der Waals surface area contributed by atoms with Crippen molar-refractivity contribution in [3.8, 4) is 0 Å². The fourth-order valence-electron chi connectivity index (χ4n) is 2.96. The van der Waals surface area contributed by atoms with Crippen LogP contribution in [0.1, 0.15) is 62.1 Å². The van der Waals surface area contributed by atoms with Crippen molar-refractivity contribution < 1.29 is 14.3 Å². The highest BCUT2D eigenvalue weighted by atomic mass is 16.3. The topological polar surface area (TPSA) is 62.5 Å². The highest BCUT2D eigenvalue weighted by molar-refractivity contribution is 5.95. The number of carbonyl (C=O) groups is 1. The molecule has 0 radical (unpaired) electrons. The van der Waals surface area contributed by atoms with Crippen molar-refractivity contribution >= 4 is 5.91 Å². The molecule has 0 saturated heterocycles. The van der Waals surface area contributed by atoms with Crippen LogP contribution in [-0.2, 0) is 6.42 Å². The number of aryl methyl sites for hydroxylation is 1. The molecule has 2 N–H and O–H groups in total. The minimum absolute atomic E-state index is 0.151. The summed E-state index contributed by atoms with van der Waals surface area (Å²) in [5.74, 6) is 1.28. The van der Waals surface area contributed by atoms with Crippen molar-refractivity contribution in [3.05, 3.63) is 23.7 Å². The van der Waals surface area contributed by atoms with E-state index in [9.17, 15) is 9.90 Å². The smallest absolute Gasteiger partial charge is 0.254 e. The van der Waals surface area contributed by atoms with E-state index in [1.807, 2.05) is 6.92 Å². The number of hydrogen-bond donors (Lipinski definition) is 2. The zero-order valence-electron chi connectivity index (χ0n) is 12.4. The number of furan rings is 1. The predicted molar refractivity (Wildman–Crippen MR) is 77.6 cm³/mol. The summed E-state index contributed by atoms with van der Waals surface area (Å²) in [5.41, 5.74) is -0.157. The van der Waals surface area contributed by atoms with Crippen molar-refractivity contribution in [2.75, 3.05) is 6.54 Å². The van der Waals surface area contributed by atoms with Crippen molar-refractivity contribution in [2.45, 2.75) is 58.0 Å². The SMILES string of the molecule is CCc1occc1C(=O)NCC1(O)CCC(CC)CC1. The molecule has 0 aliphatic heterocycles. The lowest BCUT2D eigenvalue weighted by Gasteiger charge is -2.35. The number of aliphatic hydroxyl groups is 1. The molecule has 2 rings (SSSR count). The first-order valence-corrected chi connectivity index (χ1v) is 7.65. The second-order valence-corrected chi connectivity index (χ2v) is 5.87. The van der Waals surface area contributed by atoms with Gasteiger partial charge in [0.2, 0.25) is 0 Å². The second-order valence-electron chi connectivity index (χ2n) is 5.87. The minimum atomic E-state index is -0.739. The Hall–Kier alpha value is -1.29. The first-order valence-electron chi connectivity index (χ1n) is 7.65. The van der Waals surface area contributed by atoms with Crippen LogP contribution in [0.5, 0.6) is 0 Å². The molecule has 0 unspecified atom stereocenters. The summed E-state index contributed by atoms with van der Waals surface area (Å²) >= 11 is 0. The number of rotatable bonds is 5. The molecule has 1 amide bonds. The second kappa shape index (κ2) is 6.44. The standard InChI is InChI=1S/C16H25NO3/c1-3-12-5-8-16(19,9-6-12)11-17-15(18)13-7-10-20-14(13)4-2/h7,10,12,19H,3-6,8-9,11H2,1-2H3,(H,17,18). The number of carbonyl (C=O) groups excluding carboxylic acids is 1. The van der Waals surface area contributed by atoms with Crippen LogP contribution in [0.3, 0.4) is 0 Å². The van der Waals surface area contributed by atoms with E-state index in [0.717, 1.165) is 31.6 Å². The van der Waals surface area contributed by atoms with Crippen LogP contribution in [0.25, 0.3) is 0 Å². The van der Waals surface area contributed by atoms with Crippen LogP contribution < -0.4 is 5.32 Å². The summed E-state index contributed by atoms with van der Waals surface area (Å²) in [6, 6.07) is 1.69. The summed E-state index contributed by atoms with van der Waals surface area (Å²) in [7, 11) is 0. The fraction of sp³-hybridized carbons (Fsp3) is 0.688. The Kier molecular flexibility index (Phi) is 4.86. The molecular formula is C16H25NO3. The summed E-state index contributed by atoms with van der Waals surface area (Å²) in [5, 5.41) is 13.4. The molecule has 4 nitrogen and oxygen atoms in total. The van der Waals surface area contributed by atoms with Gasteiger partial charge >= 0.3 is 0 Å². The molecule has 20 heavy (non-hydrogen) atoms. The number of nitrogens with one attached hydrogen (secondary N) is 1. The minimum Gasteiger partial charge on any atom is -0.469 e. The molecule has 0 bridgehead atoms. The van der Waals surface area contributed by atoms with E-state index in [1.165, 1.54) is 12.7 Å². The first-order chi connectivity index (χ1) is 9.58. The number of hydrogen-bond acceptors (Lipinski definition) is 3. The van der Waals surface area contributed by atoms with E-state index in [2.05, 4.69) is 12.2 Å². The Morgan fingerprint density at radius 1 is 1.45 bits per heavy atom. The van der Waals surface area contributed by atoms with Crippen LogP contribution in [0.2, 0.25) is 0 Å². The summed E-state index contributed by atoms with van der Waals surface area (Å²) in [4.78, 5) is 12.1. The Bertz CT molecular complexity index is 444. The molecule has 0 spiro atoms. The highest BCUT2D eigenvalue weighted by Crippen LogP contribution is 2.33. The largest absolute Gasteiger partial charge is 0.469 e. The molecule has 0 atom stereocenters. The van der Waals surface area contributed by atoms with Crippen molar-refractivity contribution in [2.24, 2.45) is 5.92 Å². The van der Waals surface area contributed by atoms with Gasteiger partial charge in [0.25, 0.3) is 5.91 Å². The van der Waals surface area contributed by atoms with Gasteiger partial charge in [0.05, 0.1) is 17.4 Å². The predicted octanol–water partition coefficient (Wildman–Crippen LogP) is 2.90. The van der Waals surface area contributed by atoms with Gasteiger partial charge in [-0.2, -0.15) is 0 Å². The molecule has 4 heteroatoms. The third-order valence-corrected chi connectivity index (χ3v) is 4.50. The molecule has 1 aromatic heterocycles. The van der Waals surface area contributed by atoms with Crippen molar-refractivity contribution in [1.82, 2.24) is 5.32 Å². The zero-order valence-corrected chi connectivity index (χ0v) is 12.4. The summed E-state index contributed by atoms with van der Waals surface area (Å²) in [6.45, 7) is 4.48. The van der Waals surface area contributed by atoms with E-state index in [1.54, 1.807) is 6.07 Å². The fourth-order valence-corrected chi connectivity index (χ4v) is 2.96. The van der Waals surface area contributed by atoms with Gasteiger partial charge in [-0.3, -0.25) is 4.79 Å². The van der Waals surface area contributed by atoms with E-state index in [-0.39, 0.29) is 5.91 Å². The molecule has 112 valence electrons. The Morgan fingerprint density at radius 2 is 2.15 bits per heavy atom. The van der Waals surface area contributed by atoms with E-state index < -0.39 is 5.60 Å². The van der Waals surface area contributed by atoms with Gasteiger partial charge in [0, 0.05) is 13.0 Å². The highest BCUT2D eigenvalue weighted by Gasteiger charge is 2.33. The van der Waals surface area contributed by atoms with Crippen LogP contribution in [-0.4, -0.2) is 23.2 Å². The monoisotopic (exact) mass is 279 g/mol. The van der Waals surface area contributed by atoms with Crippen molar-refractivity contribution in [1.29, 1.82) is 0 Å². The van der Waals surface area contributed by atoms with Gasteiger partial charge in [-0.1, -0.05) is 20.3 Å². The Labute approximate surface area is 120 Å². The van der Waals surface area contributed by atoms with E-state index >= 15 is 0 Å². The van der Waals surface area contributed by atoms with Gasteiger partial charge in [0.1, 0.15) is 5.76 Å². The van der Waals surface area contributed by atoms with E-state index in [4.69, 9.17) is 4.42 Å². The van der Waals surface area contributed by atoms with Crippen LogP contribution in [0.4, 0.5) is 0 Å². The lowest BCUT2D eigenvalue weighted by Crippen LogP contribution is -2.45. The molecule has 1 aliphatic carbocycles. The molecule has 1 aromatic rings. The number of amides is 1. The third-order valence-electron chi connectivity index (χ3n) is 4.50. The van der Waals surface area contributed by atoms with Crippen molar-refractivity contribution in [3.63, 3.8) is 0 Å². The lowest BCUT2D eigenvalue weighted by molar-refractivity contribution is -0.00788. The average molecular weight is 279 g/mol. The molecule has 1 fully saturated rings. The van der Waals surface area contributed by atoms with Crippen LogP contribution in [0.15, 0.2) is 16.7 Å². The van der Waals surface area contributed by atoms with Gasteiger partial charge in [-0.25, -0.2) is 0 Å². The average Bonchev–Trinajstić information content (AvgIpc) is 2.94. The van der Waals surface area contributed by atoms with Gasteiger partial charge in [0.15, 0.2) is 0 Å². The van der Waals surface area contributed by atoms with Crippen LogP contribution in [0, 0.1) is 5.92 Å². The third kappa shape index (κ3) is 3.42. The molecule has 1 aliphatic rings. The van der Waals surface area contributed by atoms with Gasteiger partial charge in [-0.15, -0.1) is 0 Å². The summed E-state index contributed by atoms with van der Waals surface area (Å²) in [6.07, 6.45) is 7.06. The quantitative estimate of drug-likeness (QED) is 0.871. The van der Waals surface area contributed by atoms with Crippen LogP contribution >= 0.6 is 0 Å². The first kappa shape index (κ1) is 15.1. The van der Waals surface area contributed by atoms with Gasteiger partial charge < -0.3 is 14.8 Å². The maximum Gasteiger partial charge on any atom is 0.254 e. The molecule has 1 saturated carbocycles. The normalized spacial score (nSPS) is 26.4. The molecule has 1 heterocycles. The summed E-state index contributed by atoms with van der Waals surface area (Å²) < 4.78 is 5.26.